The number of halogens is 3. The lowest BCUT2D eigenvalue weighted by molar-refractivity contribution is 0.164. The van der Waals surface area contributed by atoms with Gasteiger partial charge >= 0.3 is 6.03 Å². The van der Waals surface area contributed by atoms with Crippen LogP contribution in [0.3, 0.4) is 0 Å². The zero-order chi connectivity index (χ0) is 23.0. The van der Waals surface area contributed by atoms with Gasteiger partial charge in [-0.25, -0.2) is 13.6 Å². The number of amides is 2. The number of likely N-dealkylation sites (N-methyl/N-ethyl adjacent to an activating group) is 1. The number of fused-ring (bicyclic) bond motifs is 1. The third-order valence-corrected chi connectivity index (χ3v) is 7.24. The summed E-state index contributed by atoms with van der Waals surface area (Å²) in [7, 11) is 5.33. The molecule has 0 aromatic heterocycles. The van der Waals surface area contributed by atoms with Gasteiger partial charge in [-0.2, -0.15) is 0 Å². The van der Waals surface area contributed by atoms with E-state index in [1.165, 1.54) is 16.5 Å². The second-order valence-electron chi connectivity index (χ2n) is 8.71. The van der Waals surface area contributed by atoms with Crippen molar-refractivity contribution in [1.29, 1.82) is 0 Å². The first kappa shape index (κ1) is 25.1. The molecule has 2 amide bonds. The summed E-state index contributed by atoms with van der Waals surface area (Å²) in [5, 5.41) is 0. The SMILES string of the molecule is COc1ccc([C@@]23CC[C@@H](N(C(N)=O)c4ccc(F)c(F)c4)C[C@@H]2N(C)CC3)cc1OC.Cl. The van der Waals surface area contributed by atoms with E-state index < -0.39 is 17.7 Å². The lowest BCUT2D eigenvalue weighted by Gasteiger charge is -2.47. The third-order valence-electron chi connectivity index (χ3n) is 7.24. The summed E-state index contributed by atoms with van der Waals surface area (Å²) >= 11 is 0. The number of urea groups is 1. The van der Waals surface area contributed by atoms with Crippen molar-refractivity contribution in [2.45, 2.75) is 43.2 Å². The van der Waals surface area contributed by atoms with E-state index in [-0.39, 0.29) is 35.6 Å². The summed E-state index contributed by atoms with van der Waals surface area (Å²) in [5.41, 5.74) is 7.07. The van der Waals surface area contributed by atoms with Crippen LogP contribution in [0.15, 0.2) is 36.4 Å². The van der Waals surface area contributed by atoms with Crippen molar-refractivity contribution in [3.63, 3.8) is 0 Å². The van der Waals surface area contributed by atoms with Crippen LogP contribution in [0.1, 0.15) is 31.2 Å². The van der Waals surface area contributed by atoms with Crippen molar-refractivity contribution in [2.24, 2.45) is 5.73 Å². The largest absolute Gasteiger partial charge is 0.493 e. The van der Waals surface area contributed by atoms with Crippen molar-refractivity contribution in [1.82, 2.24) is 4.90 Å². The van der Waals surface area contributed by atoms with Gasteiger partial charge in [0.1, 0.15) is 0 Å². The summed E-state index contributed by atoms with van der Waals surface area (Å²) in [5.74, 6) is -0.579. The molecule has 0 bridgehead atoms. The van der Waals surface area contributed by atoms with Gasteiger partial charge in [0.15, 0.2) is 23.1 Å². The Morgan fingerprint density at radius 1 is 1.09 bits per heavy atom. The first-order valence-corrected chi connectivity index (χ1v) is 10.8. The van der Waals surface area contributed by atoms with Gasteiger partial charge in [-0.05, 0) is 69.1 Å². The molecule has 2 N–H and O–H groups in total. The van der Waals surface area contributed by atoms with E-state index in [1.54, 1.807) is 14.2 Å². The summed E-state index contributed by atoms with van der Waals surface area (Å²) in [6.45, 7) is 0.924. The number of ether oxygens (including phenoxy) is 2. The van der Waals surface area contributed by atoms with Gasteiger partial charge in [0.05, 0.1) is 14.2 Å². The van der Waals surface area contributed by atoms with Crippen LogP contribution >= 0.6 is 12.4 Å². The van der Waals surface area contributed by atoms with E-state index in [0.717, 1.165) is 31.5 Å². The standard InChI is InChI=1S/C24H29F2N3O3.ClH/c1-28-11-10-24(15-4-7-20(31-2)21(12-15)32-3)9-8-17(14-22(24)28)29(23(27)30)16-5-6-18(25)19(26)13-16;/h4-7,12-13,17,22H,8-11,14H2,1-3H3,(H2,27,30);1H/t17-,22+,24+;/m1./s1. The van der Waals surface area contributed by atoms with Crippen molar-refractivity contribution in [2.75, 3.05) is 32.7 Å². The molecule has 2 aromatic rings. The fraction of sp³-hybridized carbons (Fsp3) is 0.458. The second kappa shape index (κ2) is 9.73. The molecule has 3 atom stereocenters. The molecule has 6 nitrogen and oxygen atoms in total. The van der Waals surface area contributed by atoms with Crippen LogP contribution in [0.2, 0.25) is 0 Å². The highest BCUT2D eigenvalue weighted by atomic mass is 35.5. The smallest absolute Gasteiger partial charge is 0.319 e. The van der Waals surface area contributed by atoms with Gasteiger partial charge in [-0.1, -0.05) is 6.07 Å². The molecule has 33 heavy (non-hydrogen) atoms. The molecular formula is C24H30ClF2N3O3. The number of hydrogen-bond acceptors (Lipinski definition) is 4. The number of nitrogens with two attached hydrogens (primary N) is 1. The predicted octanol–water partition coefficient (Wildman–Crippen LogP) is 4.48. The van der Waals surface area contributed by atoms with Crippen LogP contribution in [-0.2, 0) is 5.41 Å². The number of anilines is 1. The van der Waals surface area contributed by atoms with Crippen LogP contribution < -0.4 is 20.1 Å². The number of likely N-dealkylation sites (tertiary alicyclic amines) is 1. The van der Waals surface area contributed by atoms with E-state index in [0.29, 0.717) is 24.3 Å². The van der Waals surface area contributed by atoms with E-state index in [1.807, 2.05) is 12.1 Å². The molecule has 9 heteroatoms. The van der Waals surface area contributed by atoms with Gasteiger partial charge in [-0.15, -0.1) is 12.4 Å². The number of hydrogen-bond donors (Lipinski definition) is 1. The molecule has 0 unspecified atom stereocenters. The molecule has 1 saturated heterocycles. The minimum absolute atomic E-state index is 0. The summed E-state index contributed by atoms with van der Waals surface area (Å²) in [4.78, 5) is 16.1. The quantitative estimate of drug-likeness (QED) is 0.683. The topological polar surface area (TPSA) is 68.0 Å². The van der Waals surface area contributed by atoms with E-state index in [2.05, 4.69) is 18.0 Å². The molecule has 1 saturated carbocycles. The average molecular weight is 482 g/mol. The van der Waals surface area contributed by atoms with Crippen LogP contribution in [-0.4, -0.2) is 50.8 Å². The van der Waals surface area contributed by atoms with E-state index >= 15 is 0 Å². The molecule has 0 radical (unpaired) electrons. The maximum Gasteiger partial charge on any atom is 0.319 e. The van der Waals surface area contributed by atoms with Crippen molar-refractivity contribution >= 4 is 24.1 Å². The highest BCUT2D eigenvalue weighted by Crippen LogP contribution is 2.51. The first-order valence-electron chi connectivity index (χ1n) is 10.8. The number of benzene rings is 2. The van der Waals surface area contributed by atoms with E-state index in [4.69, 9.17) is 15.2 Å². The third kappa shape index (κ3) is 4.34. The molecule has 2 aliphatic rings. The number of carbonyl (C=O) groups excluding carboxylic acids is 1. The Bertz CT molecular complexity index is 1020. The normalized spacial score (nSPS) is 24.5. The van der Waals surface area contributed by atoms with Gasteiger partial charge in [-0.3, -0.25) is 4.90 Å². The Kier molecular flexibility index (Phi) is 7.39. The lowest BCUT2D eigenvalue weighted by Crippen LogP contribution is -2.54. The molecule has 0 spiro atoms. The number of primary amides is 1. The van der Waals surface area contributed by atoms with Gasteiger partial charge in [0.2, 0.25) is 0 Å². The highest BCUT2D eigenvalue weighted by Gasteiger charge is 2.51. The Morgan fingerprint density at radius 2 is 1.82 bits per heavy atom. The Labute approximate surface area is 199 Å². The molecule has 2 aromatic carbocycles. The van der Waals surface area contributed by atoms with Crippen molar-refractivity contribution in [3.05, 3.63) is 53.6 Å². The second-order valence-corrected chi connectivity index (χ2v) is 8.71. The van der Waals surface area contributed by atoms with Crippen molar-refractivity contribution in [3.8, 4) is 11.5 Å². The number of methoxy groups -OCH3 is 2. The Balaban J connectivity index is 0.00000306. The minimum Gasteiger partial charge on any atom is -0.493 e. The monoisotopic (exact) mass is 481 g/mol. The number of rotatable bonds is 5. The molecule has 2 fully saturated rings. The maximum atomic E-state index is 13.9. The molecule has 1 heterocycles. The molecule has 180 valence electrons. The number of nitrogens with zero attached hydrogens (tertiary/aromatic N) is 2. The van der Waals surface area contributed by atoms with Crippen LogP contribution in [0.4, 0.5) is 19.3 Å². The molecule has 4 rings (SSSR count). The van der Waals surface area contributed by atoms with Crippen molar-refractivity contribution < 1.29 is 23.0 Å². The molecular weight excluding hydrogens is 452 g/mol. The lowest BCUT2D eigenvalue weighted by atomic mass is 9.64. The van der Waals surface area contributed by atoms with Gasteiger partial charge in [0.25, 0.3) is 0 Å². The van der Waals surface area contributed by atoms with Gasteiger partial charge < -0.3 is 20.1 Å². The zero-order valence-electron chi connectivity index (χ0n) is 19.0. The number of carbonyl (C=O) groups is 1. The Hall–Kier alpha value is -2.58. The first-order chi connectivity index (χ1) is 15.3. The minimum atomic E-state index is -0.998. The maximum absolute atomic E-state index is 13.9. The van der Waals surface area contributed by atoms with E-state index in [9.17, 15) is 13.6 Å². The predicted molar refractivity (Wildman–Crippen MR) is 126 cm³/mol. The molecule has 1 aliphatic heterocycles. The Morgan fingerprint density at radius 3 is 2.45 bits per heavy atom. The summed E-state index contributed by atoms with van der Waals surface area (Å²) < 4.78 is 38.3. The summed E-state index contributed by atoms with van der Waals surface area (Å²) in [6, 6.07) is 8.82. The zero-order valence-corrected chi connectivity index (χ0v) is 19.8. The van der Waals surface area contributed by atoms with Crippen LogP contribution in [0.5, 0.6) is 11.5 Å². The highest BCUT2D eigenvalue weighted by molar-refractivity contribution is 5.91. The fourth-order valence-corrected chi connectivity index (χ4v) is 5.63. The average Bonchev–Trinajstić information content (AvgIpc) is 3.13. The van der Waals surface area contributed by atoms with Crippen LogP contribution in [0, 0.1) is 11.6 Å². The van der Waals surface area contributed by atoms with Gasteiger partial charge in [0, 0.05) is 29.3 Å². The molecule has 1 aliphatic carbocycles. The summed E-state index contributed by atoms with van der Waals surface area (Å²) in [6.07, 6.45) is 3.18. The van der Waals surface area contributed by atoms with Crippen LogP contribution in [0.25, 0.3) is 0 Å². The fourth-order valence-electron chi connectivity index (χ4n) is 5.63.